The van der Waals surface area contributed by atoms with Gasteiger partial charge in [0.15, 0.2) is 6.61 Å². The average molecular weight is 307 g/mol. The molecule has 10 heteroatoms. The molecule has 7 nitrogen and oxygen atoms in total. The molecule has 0 aliphatic carbocycles. The fourth-order valence-electron chi connectivity index (χ4n) is 1.21. The van der Waals surface area contributed by atoms with Crippen molar-refractivity contribution in [3.63, 3.8) is 0 Å². The maximum Gasteiger partial charge on any atom is 0.422 e. The highest BCUT2D eigenvalue weighted by Crippen LogP contribution is 2.18. The van der Waals surface area contributed by atoms with Crippen LogP contribution < -0.4 is 15.8 Å². The van der Waals surface area contributed by atoms with Gasteiger partial charge in [-0.3, -0.25) is 9.59 Å². The molecule has 0 aliphatic rings. The van der Waals surface area contributed by atoms with Crippen molar-refractivity contribution in [1.29, 1.82) is 0 Å². The number of carboxylic acids is 1. The van der Waals surface area contributed by atoms with E-state index in [-0.39, 0.29) is 11.6 Å². The quantitative estimate of drug-likeness (QED) is 0.715. The third kappa shape index (κ3) is 6.56. The lowest BCUT2D eigenvalue weighted by atomic mass is 10.2. The first-order valence-corrected chi connectivity index (χ1v) is 5.61. The molecule has 0 spiro atoms. The molecule has 0 aromatic carbocycles. The summed E-state index contributed by atoms with van der Waals surface area (Å²) in [5, 5.41) is 10.8. The molecule has 0 radical (unpaired) electrons. The van der Waals surface area contributed by atoms with E-state index in [1.165, 1.54) is 6.07 Å². The minimum Gasteiger partial charge on any atom is -0.481 e. The summed E-state index contributed by atoms with van der Waals surface area (Å²) in [4.78, 5) is 25.4. The van der Waals surface area contributed by atoms with E-state index in [0.29, 0.717) is 0 Å². The van der Waals surface area contributed by atoms with Crippen LogP contribution in [0.3, 0.4) is 0 Å². The van der Waals surface area contributed by atoms with Gasteiger partial charge in [0.25, 0.3) is 0 Å². The molecule has 1 amide bonds. The number of nitrogens with zero attached hydrogens (tertiary/aromatic N) is 1. The number of amides is 1. The van der Waals surface area contributed by atoms with Crippen molar-refractivity contribution >= 4 is 17.6 Å². The van der Waals surface area contributed by atoms with Gasteiger partial charge in [0, 0.05) is 6.07 Å². The number of rotatable bonds is 6. The van der Waals surface area contributed by atoms with E-state index in [1.54, 1.807) is 0 Å². The molecule has 4 N–H and O–H groups in total. The molecule has 1 unspecified atom stereocenters. The molecule has 21 heavy (non-hydrogen) atoms. The summed E-state index contributed by atoms with van der Waals surface area (Å²) >= 11 is 0. The molecule has 1 rings (SSSR count). The van der Waals surface area contributed by atoms with E-state index >= 15 is 0 Å². The Bertz CT molecular complexity index is 504. The summed E-state index contributed by atoms with van der Waals surface area (Å²) in [6.45, 7) is -1.48. The second kappa shape index (κ2) is 6.88. The van der Waals surface area contributed by atoms with Crippen LogP contribution in [-0.4, -0.2) is 40.8 Å². The Morgan fingerprint density at radius 1 is 1.43 bits per heavy atom. The third-order valence-corrected chi connectivity index (χ3v) is 2.12. The summed E-state index contributed by atoms with van der Waals surface area (Å²) in [7, 11) is 0. The summed E-state index contributed by atoms with van der Waals surface area (Å²) in [5.41, 5.74) is 5.48. The normalized spacial score (nSPS) is 12.6. The van der Waals surface area contributed by atoms with Gasteiger partial charge in [-0.1, -0.05) is 0 Å². The van der Waals surface area contributed by atoms with Gasteiger partial charge in [0.05, 0.1) is 24.3 Å². The Balaban J connectivity index is 2.54. The van der Waals surface area contributed by atoms with Crippen LogP contribution in [0.4, 0.5) is 18.9 Å². The van der Waals surface area contributed by atoms with Crippen LogP contribution >= 0.6 is 0 Å². The SMILES string of the molecule is NC(CC(=O)O)C(=O)Nc1ccc(OCC(F)(F)F)nc1. The smallest absolute Gasteiger partial charge is 0.422 e. The zero-order chi connectivity index (χ0) is 16.0. The van der Waals surface area contributed by atoms with Crippen molar-refractivity contribution < 1.29 is 32.6 Å². The topological polar surface area (TPSA) is 115 Å². The van der Waals surface area contributed by atoms with Gasteiger partial charge in [-0.25, -0.2) is 4.98 Å². The van der Waals surface area contributed by atoms with Crippen molar-refractivity contribution in [2.45, 2.75) is 18.6 Å². The summed E-state index contributed by atoms with van der Waals surface area (Å²) in [5.74, 6) is -2.24. The van der Waals surface area contributed by atoms with E-state index in [0.717, 1.165) is 12.3 Å². The Morgan fingerprint density at radius 3 is 2.57 bits per heavy atom. The van der Waals surface area contributed by atoms with Gasteiger partial charge < -0.3 is 20.9 Å². The number of carbonyl (C=O) groups excluding carboxylic acids is 1. The Kier molecular flexibility index (Phi) is 5.47. The number of alkyl halides is 3. The van der Waals surface area contributed by atoms with Gasteiger partial charge in [-0.2, -0.15) is 13.2 Å². The van der Waals surface area contributed by atoms with E-state index in [2.05, 4.69) is 15.0 Å². The minimum atomic E-state index is -4.47. The highest BCUT2D eigenvalue weighted by molar-refractivity contribution is 5.96. The molecule has 0 aliphatic heterocycles. The number of nitrogens with one attached hydrogen (secondary N) is 1. The van der Waals surface area contributed by atoms with Crippen LogP contribution in [0, 0.1) is 0 Å². The molecule has 1 heterocycles. The summed E-state index contributed by atoms with van der Waals surface area (Å²) in [6.07, 6.45) is -3.96. The number of ether oxygens (including phenoxy) is 1. The first-order valence-electron chi connectivity index (χ1n) is 5.61. The monoisotopic (exact) mass is 307 g/mol. The van der Waals surface area contributed by atoms with E-state index in [9.17, 15) is 22.8 Å². The minimum absolute atomic E-state index is 0.153. The number of nitrogens with two attached hydrogens (primary N) is 1. The maximum atomic E-state index is 11.9. The lowest BCUT2D eigenvalue weighted by molar-refractivity contribution is -0.154. The zero-order valence-corrected chi connectivity index (χ0v) is 10.6. The van der Waals surface area contributed by atoms with Gasteiger partial charge in [-0.05, 0) is 6.07 Å². The predicted molar refractivity (Wildman–Crippen MR) is 64.6 cm³/mol. The van der Waals surface area contributed by atoms with E-state index < -0.39 is 37.1 Å². The van der Waals surface area contributed by atoms with Crippen molar-refractivity contribution in [2.24, 2.45) is 5.73 Å². The molecular formula is C11H12F3N3O4. The molecule has 0 fully saturated rings. The fourth-order valence-corrected chi connectivity index (χ4v) is 1.21. The second-order valence-corrected chi connectivity index (χ2v) is 3.98. The second-order valence-electron chi connectivity index (χ2n) is 3.98. The standard InChI is InChI=1S/C11H12F3N3O4/c12-11(13,14)5-21-8-2-1-6(4-16-8)17-10(20)7(15)3-9(18)19/h1-2,4,7H,3,5,15H2,(H,17,20)(H,18,19). The highest BCUT2D eigenvalue weighted by atomic mass is 19.4. The molecule has 1 aromatic heterocycles. The van der Waals surface area contributed by atoms with Crippen molar-refractivity contribution in [3.8, 4) is 5.88 Å². The third-order valence-electron chi connectivity index (χ3n) is 2.12. The average Bonchev–Trinajstić information content (AvgIpc) is 2.36. The number of hydrogen-bond acceptors (Lipinski definition) is 5. The lowest BCUT2D eigenvalue weighted by Gasteiger charge is -2.11. The molecule has 0 saturated carbocycles. The molecule has 1 atom stereocenters. The first-order chi connectivity index (χ1) is 9.67. The molecule has 0 bridgehead atoms. The van der Waals surface area contributed by atoms with Crippen molar-refractivity contribution in [1.82, 2.24) is 4.98 Å². The number of anilines is 1. The largest absolute Gasteiger partial charge is 0.481 e. The van der Waals surface area contributed by atoms with Crippen molar-refractivity contribution in [3.05, 3.63) is 18.3 Å². The van der Waals surface area contributed by atoms with Gasteiger partial charge in [-0.15, -0.1) is 0 Å². The zero-order valence-electron chi connectivity index (χ0n) is 10.6. The molecule has 1 aromatic rings. The number of aliphatic carboxylic acids is 1. The van der Waals surface area contributed by atoms with E-state index in [1.807, 2.05) is 0 Å². The van der Waals surface area contributed by atoms with Gasteiger partial charge in [0.2, 0.25) is 11.8 Å². The number of hydrogen-bond donors (Lipinski definition) is 3. The number of pyridine rings is 1. The summed E-state index contributed by atoms with van der Waals surface area (Å²) < 4.78 is 40.1. The number of aromatic nitrogens is 1. The van der Waals surface area contributed by atoms with Crippen LogP contribution in [0.15, 0.2) is 18.3 Å². The fraction of sp³-hybridized carbons (Fsp3) is 0.364. The Morgan fingerprint density at radius 2 is 2.10 bits per heavy atom. The first kappa shape index (κ1) is 16.7. The molecule has 0 saturated heterocycles. The molecule has 116 valence electrons. The molecular weight excluding hydrogens is 295 g/mol. The van der Waals surface area contributed by atoms with Crippen LogP contribution in [0.2, 0.25) is 0 Å². The number of carbonyl (C=O) groups is 2. The van der Waals surface area contributed by atoms with Crippen molar-refractivity contribution in [2.75, 3.05) is 11.9 Å². The predicted octanol–water partition coefficient (Wildman–Crippen LogP) is 0.763. The van der Waals surface area contributed by atoms with Gasteiger partial charge in [0.1, 0.15) is 0 Å². The highest BCUT2D eigenvalue weighted by Gasteiger charge is 2.28. The van der Waals surface area contributed by atoms with Crippen LogP contribution in [0.25, 0.3) is 0 Å². The van der Waals surface area contributed by atoms with Crippen LogP contribution in [-0.2, 0) is 9.59 Å². The Labute approximate surface area is 116 Å². The number of halogens is 3. The van der Waals surface area contributed by atoms with Crippen LogP contribution in [0.5, 0.6) is 5.88 Å². The van der Waals surface area contributed by atoms with Gasteiger partial charge >= 0.3 is 12.1 Å². The number of carboxylic acid groups (broad SMARTS) is 1. The Hall–Kier alpha value is -2.36. The van der Waals surface area contributed by atoms with E-state index in [4.69, 9.17) is 10.8 Å². The van der Waals surface area contributed by atoms with Crippen LogP contribution in [0.1, 0.15) is 6.42 Å². The maximum absolute atomic E-state index is 11.9. The lowest BCUT2D eigenvalue weighted by Crippen LogP contribution is -2.37. The summed E-state index contributed by atoms with van der Waals surface area (Å²) in [6, 6.07) is 1.14.